The van der Waals surface area contributed by atoms with Crippen LogP contribution in [0, 0.1) is 0 Å². The number of carbonyl (C=O) groups excluding carboxylic acids is 2. The number of pyridine rings is 2. The van der Waals surface area contributed by atoms with Crippen molar-refractivity contribution in [2.45, 2.75) is 42.7 Å². The van der Waals surface area contributed by atoms with Crippen LogP contribution in [-0.2, 0) is 9.59 Å². The Kier molecular flexibility index (Phi) is 18.3. The van der Waals surface area contributed by atoms with Crippen LogP contribution in [0.4, 0.5) is 0 Å². The van der Waals surface area contributed by atoms with E-state index in [0.29, 0.717) is 25.9 Å². The lowest BCUT2D eigenvalue weighted by molar-refractivity contribution is -0.120. The average molecular weight is 499 g/mol. The Labute approximate surface area is 201 Å². The highest BCUT2D eigenvalue weighted by atomic mass is 33.1. The van der Waals surface area contributed by atoms with Crippen LogP contribution in [0.15, 0.2) is 58.8 Å². The van der Waals surface area contributed by atoms with Gasteiger partial charge in [-0.3, -0.25) is 9.59 Å². The zero-order valence-corrected chi connectivity index (χ0v) is 21.0. The van der Waals surface area contributed by atoms with E-state index in [4.69, 9.17) is 0 Å². The molecule has 0 saturated heterocycles. The van der Waals surface area contributed by atoms with Gasteiger partial charge in [0, 0.05) is 43.4 Å². The summed E-state index contributed by atoms with van der Waals surface area (Å²) in [5.74, 6) is 2.03. The van der Waals surface area contributed by atoms with Gasteiger partial charge >= 0.3 is 0 Å². The van der Waals surface area contributed by atoms with Gasteiger partial charge in [-0.1, -0.05) is 40.6 Å². The van der Waals surface area contributed by atoms with Crippen LogP contribution in [0.3, 0.4) is 0 Å². The zero-order chi connectivity index (χ0) is 22.4. The molecule has 2 aromatic heterocycles. The molecule has 6 nitrogen and oxygen atoms in total. The van der Waals surface area contributed by atoms with Gasteiger partial charge in [0.2, 0.25) is 12.3 Å². The number of aromatic nitrogens is 2. The van der Waals surface area contributed by atoms with Gasteiger partial charge in [0.15, 0.2) is 0 Å². The smallest absolute Gasteiger partial charge is 0.220 e. The van der Waals surface area contributed by atoms with Gasteiger partial charge in [-0.2, -0.15) is 0 Å². The van der Waals surface area contributed by atoms with Crippen molar-refractivity contribution in [1.82, 2.24) is 20.6 Å². The number of nitrogens with one attached hydrogen (secondary N) is 2. The van der Waals surface area contributed by atoms with Crippen molar-refractivity contribution < 1.29 is 9.59 Å². The molecule has 0 aliphatic carbocycles. The van der Waals surface area contributed by atoms with Crippen molar-refractivity contribution in [1.29, 1.82) is 0 Å². The van der Waals surface area contributed by atoms with Gasteiger partial charge in [-0.25, -0.2) is 9.97 Å². The van der Waals surface area contributed by atoms with E-state index in [9.17, 15) is 9.59 Å². The third-order valence-corrected chi connectivity index (χ3v) is 8.16. The third-order valence-electron chi connectivity index (χ3n) is 3.42. The lowest BCUT2D eigenvalue weighted by Crippen LogP contribution is -2.25. The predicted molar refractivity (Wildman–Crippen MR) is 136 cm³/mol. The summed E-state index contributed by atoms with van der Waals surface area (Å²) in [7, 11) is 6.82. The largest absolute Gasteiger partial charge is 0.359 e. The van der Waals surface area contributed by atoms with Crippen LogP contribution in [0.1, 0.15) is 32.6 Å². The molecule has 2 rings (SSSR count). The molecule has 0 radical (unpaired) electrons. The minimum absolute atomic E-state index is 0.0717. The molecule has 0 aliphatic rings. The summed E-state index contributed by atoms with van der Waals surface area (Å²) in [4.78, 5) is 29.9. The van der Waals surface area contributed by atoms with Crippen molar-refractivity contribution in [3.63, 3.8) is 0 Å². The first-order chi connectivity index (χ1) is 15.3. The van der Waals surface area contributed by atoms with Crippen molar-refractivity contribution in [3.8, 4) is 0 Å². The number of nitrogens with zero attached hydrogens (tertiary/aromatic N) is 2. The lowest BCUT2D eigenvalue weighted by Gasteiger charge is -2.04. The molecule has 170 valence electrons. The van der Waals surface area contributed by atoms with Gasteiger partial charge in [0.25, 0.3) is 0 Å². The van der Waals surface area contributed by atoms with E-state index in [1.54, 1.807) is 38.6 Å². The molecule has 0 saturated carbocycles. The molecule has 0 aliphatic heterocycles. The fraction of sp³-hybridized carbons (Fsp3) is 0.429. The Hall–Kier alpha value is -1.36. The van der Waals surface area contributed by atoms with Gasteiger partial charge in [0.1, 0.15) is 10.1 Å². The Balaban J connectivity index is 0.000000367. The second-order valence-corrected chi connectivity index (χ2v) is 10.9. The molecule has 2 amide bonds. The Morgan fingerprint density at radius 1 is 0.935 bits per heavy atom. The van der Waals surface area contributed by atoms with Crippen molar-refractivity contribution in [2.24, 2.45) is 0 Å². The molecule has 0 unspecified atom stereocenters. The van der Waals surface area contributed by atoms with E-state index in [-0.39, 0.29) is 5.91 Å². The molecule has 2 aromatic rings. The summed E-state index contributed by atoms with van der Waals surface area (Å²) in [5.41, 5.74) is 0. The summed E-state index contributed by atoms with van der Waals surface area (Å²) < 4.78 is 0. The molecule has 0 spiro atoms. The van der Waals surface area contributed by atoms with Gasteiger partial charge < -0.3 is 10.6 Å². The first kappa shape index (κ1) is 27.7. The quantitative estimate of drug-likeness (QED) is 0.200. The fourth-order valence-corrected chi connectivity index (χ4v) is 5.83. The number of carbonyl (C=O) groups is 2. The first-order valence-corrected chi connectivity index (χ1v) is 14.7. The average Bonchev–Trinajstić information content (AvgIpc) is 2.81. The minimum atomic E-state index is 0.0717. The topological polar surface area (TPSA) is 84.0 Å². The molecule has 0 atom stereocenters. The van der Waals surface area contributed by atoms with Crippen LogP contribution in [0.25, 0.3) is 0 Å². The Bertz CT molecular complexity index is 696. The SMILES string of the molecule is CCCSSc1ccccn1.O=CNCCCCNC(=O)CCSSc1ccccn1. The van der Waals surface area contributed by atoms with Crippen molar-refractivity contribution in [2.75, 3.05) is 24.6 Å². The van der Waals surface area contributed by atoms with Gasteiger partial charge in [-0.15, -0.1) is 0 Å². The monoisotopic (exact) mass is 498 g/mol. The molecule has 2 heterocycles. The highest BCUT2D eigenvalue weighted by molar-refractivity contribution is 8.77. The summed E-state index contributed by atoms with van der Waals surface area (Å²) in [6.07, 6.45) is 7.77. The molecular formula is C21H30N4O2S4. The number of amides is 2. The second-order valence-electron chi connectivity index (χ2n) is 6.03. The summed E-state index contributed by atoms with van der Waals surface area (Å²) in [6, 6.07) is 11.8. The normalized spacial score (nSPS) is 9.97. The van der Waals surface area contributed by atoms with E-state index < -0.39 is 0 Å². The second kappa shape index (κ2) is 20.5. The summed E-state index contributed by atoms with van der Waals surface area (Å²) in [5, 5.41) is 7.52. The Morgan fingerprint density at radius 3 is 2.10 bits per heavy atom. The van der Waals surface area contributed by atoms with E-state index >= 15 is 0 Å². The van der Waals surface area contributed by atoms with Crippen LogP contribution in [0.2, 0.25) is 0 Å². The zero-order valence-electron chi connectivity index (χ0n) is 17.7. The van der Waals surface area contributed by atoms with E-state index in [2.05, 4.69) is 27.5 Å². The van der Waals surface area contributed by atoms with Crippen LogP contribution < -0.4 is 10.6 Å². The maximum Gasteiger partial charge on any atom is 0.220 e. The van der Waals surface area contributed by atoms with Gasteiger partial charge in [0.05, 0.1) is 0 Å². The third kappa shape index (κ3) is 16.9. The molecule has 0 bridgehead atoms. The van der Waals surface area contributed by atoms with E-state index in [1.807, 2.05) is 53.4 Å². The van der Waals surface area contributed by atoms with Crippen molar-refractivity contribution >= 4 is 55.5 Å². The fourth-order valence-electron chi connectivity index (χ4n) is 1.94. The van der Waals surface area contributed by atoms with E-state index in [0.717, 1.165) is 28.6 Å². The number of rotatable bonds is 15. The number of hydrogen-bond acceptors (Lipinski definition) is 8. The van der Waals surface area contributed by atoms with Gasteiger partial charge in [-0.05, 0) is 65.1 Å². The maximum absolute atomic E-state index is 11.5. The predicted octanol–water partition coefficient (Wildman–Crippen LogP) is 5.09. The highest BCUT2D eigenvalue weighted by Gasteiger charge is 2.01. The minimum Gasteiger partial charge on any atom is -0.359 e. The molecule has 10 heteroatoms. The standard InChI is InChI=1S/C13H19N3O2S2.C8H11NS2/c17-11-14-7-3-4-8-15-12(18)6-10-19-20-13-5-1-2-9-16-13;1-2-7-10-11-8-5-3-4-6-9-8/h1-2,5,9,11H,3-4,6-8,10H2,(H,14,17)(H,15,18);3-6H,2,7H2,1H3. The number of hydrogen-bond donors (Lipinski definition) is 2. The first-order valence-electron chi connectivity index (χ1n) is 10.1. The van der Waals surface area contributed by atoms with Crippen LogP contribution >= 0.6 is 43.2 Å². The Morgan fingerprint density at radius 2 is 1.55 bits per heavy atom. The molecule has 2 N–H and O–H groups in total. The van der Waals surface area contributed by atoms with Crippen LogP contribution in [-0.4, -0.2) is 46.9 Å². The van der Waals surface area contributed by atoms with Crippen molar-refractivity contribution in [3.05, 3.63) is 48.8 Å². The molecular weight excluding hydrogens is 469 g/mol. The molecule has 0 fully saturated rings. The summed E-state index contributed by atoms with van der Waals surface area (Å²) in [6.45, 7) is 3.51. The molecule has 31 heavy (non-hydrogen) atoms. The highest BCUT2D eigenvalue weighted by Crippen LogP contribution is 2.29. The number of unbranched alkanes of at least 4 members (excludes halogenated alkanes) is 1. The maximum atomic E-state index is 11.5. The molecule has 0 aromatic carbocycles. The lowest BCUT2D eigenvalue weighted by atomic mass is 10.3. The summed E-state index contributed by atoms with van der Waals surface area (Å²) >= 11 is 0. The van der Waals surface area contributed by atoms with Crippen LogP contribution in [0.5, 0.6) is 0 Å². The van der Waals surface area contributed by atoms with E-state index in [1.165, 1.54) is 12.2 Å².